The predicted molar refractivity (Wildman–Crippen MR) is 131 cm³/mol. The van der Waals surface area contributed by atoms with Crippen molar-refractivity contribution in [1.82, 2.24) is 9.80 Å². The van der Waals surface area contributed by atoms with Crippen molar-refractivity contribution < 1.29 is 19.1 Å². The van der Waals surface area contributed by atoms with Gasteiger partial charge in [-0.3, -0.25) is 19.4 Å². The van der Waals surface area contributed by atoms with E-state index in [0.717, 1.165) is 57.0 Å². The Morgan fingerprint density at radius 2 is 1.79 bits per heavy atom. The van der Waals surface area contributed by atoms with Gasteiger partial charge in [-0.15, -0.1) is 0 Å². The molecule has 7 nitrogen and oxygen atoms in total. The second-order valence-corrected chi connectivity index (χ2v) is 9.50. The van der Waals surface area contributed by atoms with Crippen molar-refractivity contribution in [1.29, 1.82) is 0 Å². The minimum Gasteiger partial charge on any atom is -0.496 e. The van der Waals surface area contributed by atoms with Crippen LogP contribution in [0.2, 0.25) is 0 Å². The molecule has 3 aliphatic heterocycles. The van der Waals surface area contributed by atoms with Crippen LogP contribution in [0.15, 0.2) is 30.3 Å². The molecule has 7 heteroatoms. The molecule has 0 spiro atoms. The largest absolute Gasteiger partial charge is 0.496 e. The van der Waals surface area contributed by atoms with Crippen molar-refractivity contribution in [3.05, 3.63) is 58.1 Å². The molecular formula is C27H33N3O4. The lowest BCUT2D eigenvalue weighted by molar-refractivity contribution is 0.0475. The highest BCUT2D eigenvalue weighted by Crippen LogP contribution is 2.33. The topological polar surface area (TPSA) is 62.3 Å². The molecule has 3 aliphatic rings. The first-order valence-corrected chi connectivity index (χ1v) is 12.2. The van der Waals surface area contributed by atoms with Crippen molar-refractivity contribution in [2.45, 2.75) is 39.3 Å². The molecule has 34 heavy (non-hydrogen) atoms. The molecule has 1 atom stereocenters. The first-order valence-electron chi connectivity index (χ1n) is 12.2. The lowest BCUT2D eigenvalue weighted by Gasteiger charge is -2.37. The van der Waals surface area contributed by atoms with Gasteiger partial charge >= 0.3 is 0 Å². The van der Waals surface area contributed by atoms with Gasteiger partial charge in [0.2, 0.25) is 0 Å². The predicted octanol–water partition coefficient (Wildman–Crippen LogP) is 3.41. The highest BCUT2D eigenvalue weighted by Gasteiger charge is 2.40. The summed E-state index contributed by atoms with van der Waals surface area (Å²) in [6.45, 7) is 9.64. The second-order valence-electron chi connectivity index (χ2n) is 9.50. The van der Waals surface area contributed by atoms with E-state index in [9.17, 15) is 9.59 Å². The summed E-state index contributed by atoms with van der Waals surface area (Å²) in [6.07, 6.45) is 1.84. The van der Waals surface area contributed by atoms with Crippen LogP contribution in [0.4, 0.5) is 5.69 Å². The molecule has 180 valence electrons. The van der Waals surface area contributed by atoms with E-state index < -0.39 is 0 Å². The Morgan fingerprint density at radius 3 is 2.50 bits per heavy atom. The summed E-state index contributed by atoms with van der Waals surface area (Å²) in [5.74, 6) is 0.552. The maximum absolute atomic E-state index is 13.3. The molecule has 5 rings (SSSR count). The van der Waals surface area contributed by atoms with Gasteiger partial charge in [-0.25, -0.2) is 0 Å². The van der Waals surface area contributed by atoms with Crippen LogP contribution < -0.4 is 9.64 Å². The Balaban J connectivity index is 1.28. The van der Waals surface area contributed by atoms with Crippen LogP contribution in [0.3, 0.4) is 0 Å². The van der Waals surface area contributed by atoms with Gasteiger partial charge in [0.05, 0.1) is 36.6 Å². The number of methoxy groups -OCH3 is 1. The molecular weight excluding hydrogens is 430 g/mol. The number of ether oxygens (including phenoxy) is 2. The fraction of sp³-hybridized carbons (Fsp3) is 0.481. The number of anilines is 1. The number of hydrogen-bond donors (Lipinski definition) is 0. The number of carbonyl (C=O) groups is 2. The van der Waals surface area contributed by atoms with Crippen LogP contribution in [-0.2, 0) is 11.3 Å². The van der Waals surface area contributed by atoms with Crippen molar-refractivity contribution >= 4 is 17.5 Å². The van der Waals surface area contributed by atoms with Gasteiger partial charge in [-0.1, -0.05) is 12.1 Å². The van der Waals surface area contributed by atoms with E-state index in [1.54, 1.807) is 13.2 Å². The van der Waals surface area contributed by atoms with E-state index in [2.05, 4.69) is 29.7 Å². The summed E-state index contributed by atoms with van der Waals surface area (Å²) in [7, 11) is 1.71. The molecule has 2 saturated heterocycles. The average molecular weight is 464 g/mol. The fourth-order valence-corrected chi connectivity index (χ4v) is 5.37. The Bertz CT molecular complexity index is 1100. The number of benzene rings is 2. The molecule has 2 amide bonds. The standard InChI is InChI=1S/C27H33N3O4/c1-18-19(2)24(33-3)10-9-20(18)16-28-11-13-29(14-12-28)23-8-4-7-22-25(23)27(32)30(26(22)31)17-21-6-5-15-34-21/h4,7-10,21H,5-6,11-17H2,1-3H3. The third-order valence-corrected chi connectivity index (χ3v) is 7.56. The molecule has 2 aromatic rings. The van der Waals surface area contributed by atoms with Gasteiger partial charge in [0.1, 0.15) is 5.75 Å². The van der Waals surface area contributed by atoms with Gasteiger partial charge in [0.15, 0.2) is 0 Å². The third kappa shape index (κ3) is 4.07. The minimum atomic E-state index is -0.193. The quantitative estimate of drug-likeness (QED) is 0.612. The Labute approximate surface area is 201 Å². The Kier molecular flexibility index (Phi) is 6.32. The van der Waals surface area contributed by atoms with Crippen molar-refractivity contribution in [3.8, 4) is 5.75 Å². The van der Waals surface area contributed by atoms with E-state index in [1.807, 2.05) is 18.2 Å². The number of rotatable bonds is 6. The van der Waals surface area contributed by atoms with Crippen molar-refractivity contribution in [2.24, 2.45) is 0 Å². The van der Waals surface area contributed by atoms with Crippen LogP contribution in [0.1, 0.15) is 50.2 Å². The lowest BCUT2D eigenvalue weighted by atomic mass is 10.0. The molecule has 3 heterocycles. The van der Waals surface area contributed by atoms with Gasteiger partial charge in [-0.2, -0.15) is 0 Å². The van der Waals surface area contributed by atoms with E-state index in [-0.39, 0.29) is 17.9 Å². The first-order chi connectivity index (χ1) is 16.5. The molecule has 0 radical (unpaired) electrons. The fourth-order valence-electron chi connectivity index (χ4n) is 5.37. The highest BCUT2D eigenvalue weighted by atomic mass is 16.5. The van der Waals surface area contributed by atoms with E-state index >= 15 is 0 Å². The van der Waals surface area contributed by atoms with Gasteiger partial charge < -0.3 is 14.4 Å². The Hall–Kier alpha value is -2.90. The van der Waals surface area contributed by atoms with E-state index in [1.165, 1.54) is 21.6 Å². The molecule has 0 N–H and O–H groups in total. The number of piperazine rings is 1. The zero-order valence-corrected chi connectivity index (χ0v) is 20.3. The van der Waals surface area contributed by atoms with Crippen molar-refractivity contribution in [2.75, 3.05) is 51.3 Å². The summed E-state index contributed by atoms with van der Waals surface area (Å²) in [5, 5.41) is 0. The zero-order chi connectivity index (χ0) is 23.8. The monoisotopic (exact) mass is 463 g/mol. The number of amides is 2. The van der Waals surface area contributed by atoms with Crippen LogP contribution in [0.5, 0.6) is 5.75 Å². The second kappa shape index (κ2) is 9.39. The third-order valence-electron chi connectivity index (χ3n) is 7.56. The van der Waals surface area contributed by atoms with Crippen molar-refractivity contribution in [3.63, 3.8) is 0 Å². The summed E-state index contributed by atoms with van der Waals surface area (Å²) in [4.78, 5) is 32.4. The Morgan fingerprint density at radius 1 is 1.00 bits per heavy atom. The normalized spacial score (nSPS) is 20.9. The number of carbonyl (C=O) groups excluding carboxylic acids is 2. The first kappa shape index (κ1) is 22.9. The van der Waals surface area contributed by atoms with E-state index in [4.69, 9.17) is 9.47 Å². The SMILES string of the molecule is COc1ccc(CN2CCN(c3cccc4c3C(=O)N(CC3CCCO3)C4=O)CC2)c(C)c1C. The minimum absolute atomic E-state index is 0.0424. The molecule has 0 aliphatic carbocycles. The molecule has 1 unspecified atom stereocenters. The van der Waals surface area contributed by atoms with Crippen LogP contribution in [0.25, 0.3) is 0 Å². The smallest absolute Gasteiger partial charge is 0.263 e. The molecule has 0 saturated carbocycles. The summed E-state index contributed by atoms with van der Waals surface area (Å²) in [6, 6.07) is 9.85. The van der Waals surface area contributed by atoms with Gasteiger partial charge in [-0.05, 0) is 61.6 Å². The highest BCUT2D eigenvalue weighted by molar-refractivity contribution is 6.23. The maximum Gasteiger partial charge on any atom is 0.263 e. The molecule has 2 fully saturated rings. The maximum atomic E-state index is 13.3. The summed E-state index contributed by atoms with van der Waals surface area (Å²) in [5.41, 5.74) is 5.74. The number of hydrogen-bond acceptors (Lipinski definition) is 6. The number of fused-ring (bicyclic) bond motifs is 1. The van der Waals surface area contributed by atoms with Gasteiger partial charge in [0, 0.05) is 39.3 Å². The molecule has 0 bridgehead atoms. The summed E-state index contributed by atoms with van der Waals surface area (Å²) < 4.78 is 11.1. The van der Waals surface area contributed by atoms with Crippen LogP contribution in [-0.4, -0.2) is 74.2 Å². The number of imide groups is 1. The van der Waals surface area contributed by atoms with E-state index in [0.29, 0.717) is 24.3 Å². The molecule has 0 aromatic heterocycles. The van der Waals surface area contributed by atoms with Gasteiger partial charge in [0.25, 0.3) is 11.8 Å². The lowest BCUT2D eigenvalue weighted by Crippen LogP contribution is -2.46. The average Bonchev–Trinajstić information content (AvgIpc) is 3.46. The van der Waals surface area contributed by atoms with Crippen LogP contribution >= 0.6 is 0 Å². The van der Waals surface area contributed by atoms with Crippen LogP contribution in [0, 0.1) is 13.8 Å². The number of nitrogens with zero attached hydrogens (tertiary/aromatic N) is 3. The molecule has 2 aromatic carbocycles. The zero-order valence-electron chi connectivity index (χ0n) is 20.3. The summed E-state index contributed by atoms with van der Waals surface area (Å²) >= 11 is 0.